The van der Waals surface area contributed by atoms with Crippen LogP contribution in [0.15, 0.2) is 24.4 Å². The van der Waals surface area contributed by atoms with Crippen molar-refractivity contribution in [1.29, 1.82) is 0 Å². The van der Waals surface area contributed by atoms with Gasteiger partial charge in [0.05, 0.1) is 6.61 Å². The predicted octanol–water partition coefficient (Wildman–Crippen LogP) is 2.41. The van der Waals surface area contributed by atoms with E-state index >= 15 is 0 Å². The van der Waals surface area contributed by atoms with Crippen LogP contribution in [-0.2, 0) is 20.6 Å². The molecule has 7 nitrogen and oxygen atoms in total. The van der Waals surface area contributed by atoms with E-state index < -0.39 is 6.16 Å². The smallest absolute Gasteiger partial charge is 0.457 e. The first-order valence-corrected chi connectivity index (χ1v) is 7.77. The van der Waals surface area contributed by atoms with Gasteiger partial charge in [0.2, 0.25) is 6.79 Å². The number of aromatic amines is 1. The second-order valence-electron chi connectivity index (χ2n) is 5.54. The van der Waals surface area contributed by atoms with Gasteiger partial charge in [-0.25, -0.2) is 4.79 Å². The van der Waals surface area contributed by atoms with Crippen LogP contribution in [-0.4, -0.2) is 63.8 Å². The zero-order chi connectivity index (χ0) is 17.4. The molecule has 0 radical (unpaired) electrons. The Labute approximate surface area is 141 Å². The lowest BCUT2D eigenvalue weighted by Gasteiger charge is -2.11. The standard InChI is InChI=1S/C17H24N2O5/c1-19(2)8-7-13-11-18-14-5-4-6-15(16(13)14)23-12-24-17(20)22-10-9-21-3/h4-6,11,18H,7-10,12H2,1-3H3. The van der Waals surface area contributed by atoms with Gasteiger partial charge in [0.1, 0.15) is 12.4 Å². The van der Waals surface area contributed by atoms with Crippen LogP contribution in [0.25, 0.3) is 10.9 Å². The number of fused-ring (bicyclic) bond motifs is 1. The molecule has 0 aliphatic heterocycles. The Kier molecular flexibility index (Phi) is 6.89. The van der Waals surface area contributed by atoms with Crippen LogP contribution in [0.4, 0.5) is 4.79 Å². The third kappa shape index (κ3) is 5.14. The van der Waals surface area contributed by atoms with Gasteiger partial charge >= 0.3 is 6.16 Å². The second-order valence-corrected chi connectivity index (χ2v) is 5.54. The maximum atomic E-state index is 11.4. The first-order chi connectivity index (χ1) is 11.6. The van der Waals surface area contributed by atoms with Gasteiger partial charge in [0.25, 0.3) is 0 Å². The molecule has 0 aliphatic carbocycles. The Morgan fingerprint density at radius 1 is 1.21 bits per heavy atom. The van der Waals surface area contributed by atoms with Gasteiger partial charge in [-0.15, -0.1) is 0 Å². The highest BCUT2D eigenvalue weighted by atomic mass is 16.8. The quantitative estimate of drug-likeness (QED) is 0.431. The number of nitrogens with zero attached hydrogens (tertiary/aromatic N) is 1. The van der Waals surface area contributed by atoms with Crippen LogP contribution in [0.1, 0.15) is 5.56 Å². The molecule has 1 aromatic carbocycles. The first-order valence-electron chi connectivity index (χ1n) is 7.77. The largest absolute Gasteiger partial charge is 0.511 e. The number of hydrogen-bond acceptors (Lipinski definition) is 6. The molecule has 132 valence electrons. The van der Waals surface area contributed by atoms with E-state index in [-0.39, 0.29) is 13.4 Å². The molecule has 7 heteroatoms. The summed E-state index contributed by atoms with van der Waals surface area (Å²) >= 11 is 0. The zero-order valence-electron chi connectivity index (χ0n) is 14.3. The number of H-pyrrole nitrogens is 1. The highest BCUT2D eigenvalue weighted by Gasteiger charge is 2.11. The lowest BCUT2D eigenvalue weighted by atomic mass is 10.1. The summed E-state index contributed by atoms with van der Waals surface area (Å²) in [4.78, 5) is 16.7. The van der Waals surface area contributed by atoms with Gasteiger partial charge < -0.3 is 28.8 Å². The molecular weight excluding hydrogens is 312 g/mol. The minimum Gasteiger partial charge on any atom is -0.457 e. The van der Waals surface area contributed by atoms with Gasteiger partial charge in [-0.2, -0.15) is 0 Å². The molecule has 0 bridgehead atoms. The molecule has 1 heterocycles. The van der Waals surface area contributed by atoms with Crippen molar-refractivity contribution in [3.8, 4) is 5.75 Å². The summed E-state index contributed by atoms with van der Waals surface area (Å²) in [5.74, 6) is 0.673. The van der Waals surface area contributed by atoms with Crippen molar-refractivity contribution in [2.24, 2.45) is 0 Å². The van der Waals surface area contributed by atoms with Crippen molar-refractivity contribution >= 4 is 17.1 Å². The number of nitrogens with one attached hydrogen (secondary N) is 1. The summed E-state index contributed by atoms with van der Waals surface area (Å²) in [5.41, 5.74) is 2.15. The van der Waals surface area contributed by atoms with E-state index in [1.807, 2.05) is 38.5 Å². The molecule has 1 aromatic heterocycles. The Morgan fingerprint density at radius 3 is 2.79 bits per heavy atom. The topological polar surface area (TPSA) is 73.0 Å². The first kappa shape index (κ1) is 18.1. The normalized spacial score (nSPS) is 11.0. The number of methoxy groups -OCH3 is 1. The molecule has 0 unspecified atom stereocenters. The van der Waals surface area contributed by atoms with Crippen molar-refractivity contribution in [3.05, 3.63) is 30.0 Å². The fourth-order valence-electron chi connectivity index (χ4n) is 2.27. The van der Waals surface area contributed by atoms with Crippen LogP contribution in [0.2, 0.25) is 0 Å². The average molecular weight is 336 g/mol. The Balaban J connectivity index is 1.95. The van der Waals surface area contributed by atoms with Crippen LogP contribution < -0.4 is 4.74 Å². The summed E-state index contributed by atoms with van der Waals surface area (Å²) in [6, 6.07) is 5.73. The van der Waals surface area contributed by atoms with Crippen LogP contribution in [0.3, 0.4) is 0 Å². The van der Waals surface area contributed by atoms with Gasteiger partial charge in [-0.05, 0) is 38.2 Å². The maximum absolute atomic E-state index is 11.4. The highest BCUT2D eigenvalue weighted by molar-refractivity contribution is 5.89. The van der Waals surface area contributed by atoms with E-state index in [0.717, 1.165) is 29.4 Å². The van der Waals surface area contributed by atoms with E-state index in [1.54, 1.807) is 0 Å². The molecule has 2 aromatic rings. The highest BCUT2D eigenvalue weighted by Crippen LogP contribution is 2.29. The summed E-state index contributed by atoms with van der Waals surface area (Å²) in [5, 5.41) is 1.01. The van der Waals surface area contributed by atoms with E-state index in [9.17, 15) is 4.79 Å². The minimum absolute atomic E-state index is 0.150. The van der Waals surface area contributed by atoms with Gasteiger partial charge in [-0.3, -0.25) is 0 Å². The minimum atomic E-state index is -0.777. The third-order valence-electron chi connectivity index (χ3n) is 3.48. The fraction of sp³-hybridized carbons (Fsp3) is 0.471. The lowest BCUT2D eigenvalue weighted by Crippen LogP contribution is -2.15. The second kappa shape index (κ2) is 9.14. The Bertz CT molecular complexity index is 653. The zero-order valence-corrected chi connectivity index (χ0v) is 14.3. The fourth-order valence-corrected chi connectivity index (χ4v) is 2.27. The monoisotopic (exact) mass is 336 g/mol. The number of hydrogen-bond donors (Lipinski definition) is 1. The number of aromatic nitrogens is 1. The van der Waals surface area contributed by atoms with Crippen molar-refractivity contribution in [3.63, 3.8) is 0 Å². The molecule has 0 saturated carbocycles. The van der Waals surface area contributed by atoms with Crippen LogP contribution in [0.5, 0.6) is 5.75 Å². The molecule has 0 fully saturated rings. The number of carbonyl (C=O) groups excluding carboxylic acids is 1. The lowest BCUT2D eigenvalue weighted by molar-refractivity contribution is -0.00365. The van der Waals surface area contributed by atoms with Crippen molar-refractivity contribution in [1.82, 2.24) is 9.88 Å². The maximum Gasteiger partial charge on any atom is 0.511 e. The number of carbonyl (C=O) groups is 1. The van der Waals surface area contributed by atoms with E-state index in [4.69, 9.17) is 18.9 Å². The molecule has 0 aliphatic rings. The Morgan fingerprint density at radius 2 is 2.04 bits per heavy atom. The number of benzene rings is 1. The number of rotatable bonds is 9. The molecular formula is C17H24N2O5. The number of ether oxygens (including phenoxy) is 4. The molecule has 1 N–H and O–H groups in total. The molecule has 0 saturated heterocycles. The summed E-state index contributed by atoms with van der Waals surface area (Å²) in [7, 11) is 5.60. The van der Waals surface area contributed by atoms with Crippen molar-refractivity contribution in [2.45, 2.75) is 6.42 Å². The van der Waals surface area contributed by atoms with Crippen LogP contribution >= 0.6 is 0 Å². The molecule has 2 rings (SSSR count). The summed E-state index contributed by atoms with van der Waals surface area (Å²) in [6.07, 6.45) is 2.11. The third-order valence-corrected chi connectivity index (χ3v) is 3.48. The predicted molar refractivity (Wildman–Crippen MR) is 90.4 cm³/mol. The van der Waals surface area contributed by atoms with Gasteiger partial charge in [0, 0.05) is 30.8 Å². The average Bonchev–Trinajstić information content (AvgIpc) is 2.97. The van der Waals surface area contributed by atoms with E-state index in [2.05, 4.69) is 9.88 Å². The Hall–Kier alpha value is -2.25. The molecule has 0 amide bonds. The van der Waals surface area contributed by atoms with E-state index in [1.165, 1.54) is 7.11 Å². The SMILES string of the molecule is COCCOC(=O)OCOc1cccc2[nH]cc(CCN(C)C)c12. The van der Waals surface area contributed by atoms with Crippen LogP contribution in [0, 0.1) is 0 Å². The molecule has 0 atom stereocenters. The summed E-state index contributed by atoms with van der Waals surface area (Å²) in [6.45, 7) is 1.21. The molecule has 0 spiro atoms. The van der Waals surface area contributed by atoms with Gasteiger partial charge in [-0.1, -0.05) is 6.07 Å². The van der Waals surface area contributed by atoms with Gasteiger partial charge in [0.15, 0.2) is 0 Å². The summed E-state index contributed by atoms with van der Waals surface area (Å²) < 4.78 is 20.1. The molecule has 24 heavy (non-hydrogen) atoms. The van der Waals surface area contributed by atoms with Crippen molar-refractivity contribution < 1.29 is 23.7 Å². The number of likely N-dealkylation sites (N-methyl/N-ethyl adjacent to an activating group) is 1. The van der Waals surface area contributed by atoms with E-state index in [0.29, 0.717) is 12.4 Å². The van der Waals surface area contributed by atoms with Crippen molar-refractivity contribution in [2.75, 3.05) is 47.8 Å².